The number of hydrogen-bond acceptors (Lipinski definition) is 5. The van der Waals surface area contributed by atoms with Crippen LogP contribution in [0.15, 0.2) is 15.7 Å². The predicted molar refractivity (Wildman–Crippen MR) is 73.4 cm³/mol. The van der Waals surface area contributed by atoms with Crippen LogP contribution in [0, 0.1) is 0 Å². The molecule has 0 unspecified atom stereocenters. The first-order valence-electron chi connectivity index (χ1n) is 5.81. The van der Waals surface area contributed by atoms with Gasteiger partial charge < -0.3 is 10.1 Å². The Hall–Kier alpha value is -0.470. The Morgan fingerprint density at radius 1 is 1.39 bits per heavy atom. The molecular formula is C11H20N2O3S2. The fraction of sp³-hybridized carbons (Fsp3) is 0.636. The molecule has 5 nitrogen and oxygen atoms in total. The van der Waals surface area contributed by atoms with Crippen molar-refractivity contribution in [3.63, 3.8) is 0 Å². The predicted octanol–water partition coefficient (Wildman–Crippen LogP) is 1.17. The van der Waals surface area contributed by atoms with Crippen LogP contribution in [0.1, 0.15) is 18.4 Å². The largest absolute Gasteiger partial charge is 0.385 e. The summed E-state index contributed by atoms with van der Waals surface area (Å²) in [5.41, 5.74) is 0.988. The van der Waals surface area contributed by atoms with E-state index in [-0.39, 0.29) is 0 Å². The van der Waals surface area contributed by atoms with Gasteiger partial charge in [-0.1, -0.05) is 0 Å². The summed E-state index contributed by atoms with van der Waals surface area (Å²) in [6.45, 7) is 1.79. The lowest BCUT2D eigenvalue weighted by Crippen LogP contribution is -2.24. The van der Waals surface area contributed by atoms with Gasteiger partial charge in [-0.25, -0.2) is 13.1 Å². The maximum Gasteiger partial charge on any atom is 0.250 e. The maximum atomic E-state index is 11.9. The van der Waals surface area contributed by atoms with Gasteiger partial charge >= 0.3 is 0 Å². The van der Waals surface area contributed by atoms with Gasteiger partial charge in [0.2, 0.25) is 10.0 Å². The summed E-state index contributed by atoms with van der Waals surface area (Å²) in [5, 5.41) is 4.85. The molecule has 1 rings (SSSR count). The van der Waals surface area contributed by atoms with Crippen molar-refractivity contribution in [2.45, 2.75) is 23.6 Å². The van der Waals surface area contributed by atoms with Crippen molar-refractivity contribution >= 4 is 21.4 Å². The van der Waals surface area contributed by atoms with Crippen LogP contribution in [0.4, 0.5) is 0 Å². The second-order valence-electron chi connectivity index (χ2n) is 3.90. The van der Waals surface area contributed by atoms with Gasteiger partial charge in [0.05, 0.1) is 0 Å². The van der Waals surface area contributed by atoms with Crippen LogP contribution in [-0.4, -0.2) is 35.7 Å². The molecule has 2 N–H and O–H groups in total. The van der Waals surface area contributed by atoms with Gasteiger partial charge in [-0.15, -0.1) is 11.3 Å². The van der Waals surface area contributed by atoms with Crippen LogP contribution in [-0.2, 0) is 21.3 Å². The highest BCUT2D eigenvalue weighted by Gasteiger charge is 2.15. The molecule has 0 fully saturated rings. The van der Waals surface area contributed by atoms with E-state index in [9.17, 15) is 8.42 Å². The van der Waals surface area contributed by atoms with Crippen LogP contribution in [0.5, 0.6) is 0 Å². The number of ether oxygens (including phenoxy) is 1. The van der Waals surface area contributed by atoms with E-state index in [1.54, 1.807) is 13.2 Å². The van der Waals surface area contributed by atoms with Crippen LogP contribution >= 0.6 is 11.3 Å². The van der Waals surface area contributed by atoms with Crippen molar-refractivity contribution in [2.75, 3.05) is 27.3 Å². The quantitative estimate of drug-likeness (QED) is 0.671. The molecule has 0 aliphatic heterocycles. The van der Waals surface area contributed by atoms with Gasteiger partial charge in [-0.2, -0.15) is 0 Å². The molecule has 0 radical (unpaired) electrons. The summed E-state index contributed by atoms with van der Waals surface area (Å²) in [4.78, 5) is 0. The number of methoxy groups -OCH3 is 1. The Bertz CT molecular complexity index is 443. The lowest BCUT2D eigenvalue weighted by atomic mass is 10.3. The minimum atomic E-state index is -3.35. The number of rotatable bonds is 9. The summed E-state index contributed by atoms with van der Waals surface area (Å²) in [6.07, 6.45) is 1.64. The van der Waals surface area contributed by atoms with E-state index in [1.807, 2.05) is 12.4 Å². The van der Waals surface area contributed by atoms with Gasteiger partial charge in [0.15, 0.2) is 0 Å². The van der Waals surface area contributed by atoms with Crippen molar-refractivity contribution in [1.29, 1.82) is 0 Å². The van der Waals surface area contributed by atoms with E-state index in [0.29, 0.717) is 23.9 Å². The summed E-state index contributed by atoms with van der Waals surface area (Å²) in [7, 11) is 0.126. The maximum absolute atomic E-state index is 11.9. The second-order valence-corrected chi connectivity index (χ2v) is 6.81. The van der Waals surface area contributed by atoms with Crippen LogP contribution in [0.3, 0.4) is 0 Å². The average Bonchev–Trinajstić information content (AvgIpc) is 2.79. The van der Waals surface area contributed by atoms with E-state index in [1.165, 1.54) is 11.3 Å². The summed E-state index contributed by atoms with van der Waals surface area (Å²) < 4.78 is 31.7. The summed E-state index contributed by atoms with van der Waals surface area (Å²) in [6, 6.07) is 1.71. The molecule has 1 aromatic rings. The Morgan fingerprint density at radius 2 is 2.17 bits per heavy atom. The lowest BCUT2D eigenvalue weighted by molar-refractivity contribution is 0.193. The summed E-state index contributed by atoms with van der Waals surface area (Å²) in [5.74, 6) is 0. The zero-order chi connectivity index (χ0) is 13.4. The third-order valence-corrected chi connectivity index (χ3v) is 5.29. The molecule has 104 valence electrons. The molecule has 0 aliphatic carbocycles. The van der Waals surface area contributed by atoms with E-state index in [0.717, 1.165) is 18.4 Å². The Balaban J connectivity index is 2.46. The zero-order valence-corrected chi connectivity index (χ0v) is 12.4. The highest BCUT2D eigenvalue weighted by molar-refractivity contribution is 7.91. The monoisotopic (exact) mass is 292 g/mol. The van der Waals surface area contributed by atoms with Crippen LogP contribution in [0.25, 0.3) is 0 Å². The van der Waals surface area contributed by atoms with Gasteiger partial charge in [-0.3, -0.25) is 0 Å². The first-order valence-corrected chi connectivity index (χ1v) is 8.17. The normalized spacial score (nSPS) is 11.9. The third-order valence-electron chi connectivity index (χ3n) is 2.34. The molecule has 0 saturated heterocycles. The first-order chi connectivity index (χ1) is 8.60. The molecule has 1 heterocycles. The second kappa shape index (κ2) is 7.85. The standard InChI is InChI=1S/C11H20N2O3S2/c1-12-8-10-7-11(17-9-10)18(14,15)13-5-3-4-6-16-2/h7,9,12-13H,3-6,8H2,1-2H3. The fourth-order valence-corrected chi connectivity index (χ4v) is 3.77. The van der Waals surface area contributed by atoms with Crippen molar-refractivity contribution in [1.82, 2.24) is 10.0 Å². The summed E-state index contributed by atoms with van der Waals surface area (Å²) >= 11 is 1.25. The van der Waals surface area contributed by atoms with E-state index in [4.69, 9.17) is 4.74 Å². The first kappa shape index (κ1) is 15.6. The molecule has 1 aromatic heterocycles. The Morgan fingerprint density at radius 3 is 2.83 bits per heavy atom. The topological polar surface area (TPSA) is 67.4 Å². The lowest BCUT2D eigenvalue weighted by Gasteiger charge is -2.04. The molecule has 7 heteroatoms. The molecule has 0 aliphatic rings. The minimum Gasteiger partial charge on any atom is -0.385 e. The molecule has 18 heavy (non-hydrogen) atoms. The number of sulfonamides is 1. The number of hydrogen-bond donors (Lipinski definition) is 2. The number of nitrogens with one attached hydrogen (secondary N) is 2. The van der Waals surface area contributed by atoms with Gasteiger partial charge in [0, 0.05) is 26.8 Å². The Kier molecular flexibility index (Phi) is 6.80. The van der Waals surface area contributed by atoms with E-state index < -0.39 is 10.0 Å². The van der Waals surface area contributed by atoms with Crippen molar-refractivity contribution in [2.24, 2.45) is 0 Å². The van der Waals surface area contributed by atoms with E-state index >= 15 is 0 Å². The van der Waals surface area contributed by atoms with E-state index in [2.05, 4.69) is 10.0 Å². The average molecular weight is 292 g/mol. The number of thiophene rings is 1. The molecule has 0 atom stereocenters. The van der Waals surface area contributed by atoms with Crippen molar-refractivity contribution < 1.29 is 13.2 Å². The fourth-order valence-electron chi connectivity index (χ4n) is 1.44. The molecule has 0 spiro atoms. The van der Waals surface area contributed by atoms with Crippen molar-refractivity contribution in [3.8, 4) is 0 Å². The van der Waals surface area contributed by atoms with Gasteiger partial charge in [0.25, 0.3) is 0 Å². The SMILES string of the molecule is CNCc1csc(S(=O)(=O)NCCCCOC)c1. The highest BCUT2D eigenvalue weighted by atomic mass is 32.2. The molecule has 0 saturated carbocycles. The van der Waals surface area contributed by atoms with Gasteiger partial charge in [0.1, 0.15) is 4.21 Å². The highest BCUT2D eigenvalue weighted by Crippen LogP contribution is 2.19. The smallest absolute Gasteiger partial charge is 0.250 e. The molecular weight excluding hydrogens is 272 g/mol. The number of unbranched alkanes of at least 4 members (excludes halogenated alkanes) is 1. The molecule has 0 aromatic carbocycles. The van der Waals surface area contributed by atoms with Gasteiger partial charge in [-0.05, 0) is 36.9 Å². The zero-order valence-electron chi connectivity index (χ0n) is 10.7. The minimum absolute atomic E-state index is 0.375. The third kappa shape index (κ3) is 5.03. The van der Waals surface area contributed by atoms with Crippen LogP contribution < -0.4 is 10.0 Å². The van der Waals surface area contributed by atoms with Crippen LogP contribution in [0.2, 0.25) is 0 Å². The molecule has 0 amide bonds. The van der Waals surface area contributed by atoms with Crippen molar-refractivity contribution in [3.05, 3.63) is 17.0 Å². The molecule has 0 bridgehead atoms. The Labute approximate surface area is 113 Å².